The van der Waals surface area contributed by atoms with Gasteiger partial charge in [0.15, 0.2) is 0 Å². The van der Waals surface area contributed by atoms with Gasteiger partial charge in [-0.1, -0.05) is 6.08 Å². The predicted molar refractivity (Wildman–Crippen MR) is 86.7 cm³/mol. The summed E-state index contributed by atoms with van der Waals surface area (Å²) in [6.07, 6.45) is 2.18. The van der Waals surface area contributed by atoms with E-state index in [2.05, 4.69) is 17.2 Å². The maximum Gasteiger partial charge on any atom is 0.410 e. The number of hydrogen-bond acceptors (Lipinski definition) is 4. The van der Waals surface area contributed by atoms with Gasteiger partial charge in [-0.15, -0.1) is 6.58 Å². The monoisotopic (exact) mass is 325 g/mol. The molecule has 7 heteroatoms. The minimum Gasteiger partial charge on any atom is -0.444 e. The number of rotatable bonds is 5. The molecule has 1 heterocycles. The van der Waals surface area contributed by atoms with E-state index in [1.807, 2.05) is 0 Å². The number of carbonyl (C=O) groups is 3. The van der Waals surface area contributed by atoms with Gasteiger partial charge in [-0.25, -0.2) is 4.79 Å². The van der Waals surface area contributed by atoms with Crippen LogP contribution >= 0.6 is 0 Å². The van der Waals surface area contributed by atoms with E-state index < -0.39 is 17.1 Å². The summed E-state index contributed by atoms with van der Waals surface area (Å²) in [5.74, 6) is -0.513. The molecule has 1 rings (SSSR count). The summed E-state index contributed by atoms with van der Waals surface area (Å²) in [4.78, 5) is 37.5. The summed E-state index contributed by atoms with van der Waals surface area (Å²) in [5.41, 5.74) is -1.34. The molecule has 1 fully saturated rings. The van der Waals surface area contributed by atoms with Gasteiger partial charge in [0.05, 0.1) is 12.0 Å². The van der Waals surface area contributed by atoms with Gasteiger partial charge < -0.3 is 20.3 Å². The summed E-state index contributed by atoms with van der Waals surface area (Å²) in [7, 11) is 1.51. The zero-order chi connectivity index (χ0) is 17.7. The molecule has 1 saturated heterocycles. The number of likely N-dealkylation sites (tertiary alicyclic amines) is 1. The van der Waals surface area contributed by atoms with Crippen molar-refractivity contribution in [2.24, 2.45) is 5.41 Å². The van der Waals surface area contributed by atoms with Crippen LogP contribution in [0, 0.1) is 5.41 Å². The standard InChI is InChI=1S/C16H27N3O4/c1-6-7-16(13(21)18-10-12(20)17-5)8-9-19(11-16)14(22)23-15(2,3)4/h6H,1,7-11H2,2-5H3,(H,17,20)(H,18,21). The summed E-state index contributed by atoms with van der Waals surface area (Å²) >= 11 is 0. The molecule has 0 radical (unpaired) electrons. The van der Waals surface area contributed by atoms with Gasteiger partial charge in [0, 0.05) is 20.1 Å². The molecule has 7 nitrogen and oxygen atoms in total. The first kappa shape index (κ1) is 19.0. The van der Waals surface area contributed by atoms with Crippen molar-refractivity contribution >= 4 is 17.9 Å². The first-order valence-corrected chi connectivity index (χ1v) is 7.71. The molecule has 0 aromatic rings. The molecular weight excluding hydrogens is 298 g/mol. The zero-order valence-corrected chi connectivity index (χ0v) is 14.4. The van der Waals surface area contributed by atoms with E-state index in [1.54, 1.807) is 26.8 Å². The van der Waals surface area contributed by atoms with Crippen LogP contribution < -0.4 is 10.6 Å². The van der Waals surface area contributed by atoms with Crippen molar-refractivity contribution in [2.45, 2.75) is 39.2 Å². The lowest BCUT2D eigenvalue weighted by molar-refractivity contribution is -0.132. The van der Waals surface area contributed by atoms with E-state index in [-0.39, 0.29) is 24.9 Å². The maximum atomic E-state index is 12.5. The topological polar surface area (TPSA) is 87.7 Å². The summed E-state index contributed by atoms with van der Waals surface area (Å²) in [6.45, 7) is 9.71. The third kappa shape index (κ3) is 5.26. The second-order valence-corrected chi connectivity index (χ2v) is 6.78. The molecule has 0 aromatic heterocycles. The number of hydrogen-bond donors (Lipinski definition) is 2. The molecule has 130 valence electrons. The van der Waals surface area contributed by atoms with Gasteiger partial charge in [-0.05, 0) is 33.6 Å². The first-order valence-electron chi connectivity index (χ1n) is 7.71. The van der Waals surface area contributed by atoms with Crippen LogP contribution in [0.4, 0.5) is 4.79 Å². The van der Waals surface area contributed by atoms with Crippen LogP contribution in [0.3, 0.4) is 0 Å². The highest BCUT2D eigenvalue weighted by molar-refractivity contribution is 5.89. The normalized spacial score (nSPS) is 20.8. The fraction of sp³-hybridized carbons (Fsp3) is 0.688. The Morgan fingerprint density at radius 3 is 2.52 bits per heavy atom. The van der Waals surface area contributed by atoms with Crippen LogP contribution in [-0.4, -0.2) is 55.1 Å². The van der Waals surface area contributed by atoms with Crippen LogP contribution in [0.15, 0.2) is 12.7 Å². The fourth-order valence-corrected chi connectivity index (χ4v) is 2.51. The SMILES string of the molecule is C=CCC1(C(=O)NCC(=O)NC)CCN(C(=O)OC(C)(C)C)C1. The Labute approximate surface area is 137 Å². The van der Waals surface area contributed by atoms with Crippen LogP contribution in [0.5, 0.6) is 0 Å². The minimum absolute atomic E-state index is 0.0827. The largest absolute Gasteiger partial charge is 0.444 e. The molecule has 3 amide bonds. The lowest BCUT2D eigenvalue weighted by Gasteiger charge is -2.28. The van der Waals surface area contributed by atoms with Crippen LogP contribution in [0.25, 0.3) is 0 Å². The number of ether oxygens (including phenoxy) is 1. The minimum atomic E-state index is -0.757. The Morgan fingerprint density at radius 1 is 1.35 bits per heavy atom. The highest BCUT2D eigenvalue weighted by atomic mass is 16.6. The van der Waals surface area contributed by atoms with E-state index in [1.165, 1.54) is 11.9 Å². The molecule has 1 aliphatic rings. The molecule has 0 aromatic carbocycles. The average molecular weight is 325 g/mol. The van der Waals surface area contributed by atoms with E-state index >= 15 is 0 Å². The quantitative estimate of drug-likeness (QED) is 0.740. The van der Waals surface area contributed by atoms with Crippen molar-refractivity contribution in [3.8, 4) is 0 Å². The Hall–Kier alpha value is -2.05. The van der Waals surface area contributed by atoms with Gasteiger partial charge in [0.2, 0.25) is 11.8 Å². The molecule has 2 N–H and O–H groups in total. The third-order valence-electron chi connectivity index (χ3n) is 3.71. The van der Waals surface area contributed by atoms with Crippen molar-refractivity contribution in [1.29, 1.82) is 0 Å². The second-order valence-electron chi connectivity index (χ2n) is 6.78. The zero-order valence-electron chi connectivity index (χ0n) is 14.4. The molecule has 1 atom stereocenters. The number of nitrogens with zero attached hydrogens (tertiary/aromatic N) is 1. The van der Waals surface area contributed by atoms with Crippen molar-refractivity contribution in [1.82, 2.24) is 15.5 Å². The van der Waals surface area contributed by atoms with Crippen molar-refractivity contribution < 1.29 is 19.1 Å². The number of likely N-dealkylation sites (N-methyl/N-ethyl adjacent to an activating group) is 1. The van der Waals surface area contributed by atoms with Gasteiger partial charge in [0.1, 0.15) is 5.60 Å². The summed E-state index contributed by atoms with van der Waals surface area (Å²) < 4.78 is 5.35. The Bertz CT molecular complexity index is 484. The van der Waals surface area contributed by atoms with E-state index in [4.69, 9.17) is 4.74 Å². The van der Waals surface area contributed by atoms with Crippen molar-refractivity contribution in [3.63, 3.8) is 0 Å². The van der Waals surface area contributed by atoms with Crippen molar-refractivity contribution in [2.75, 3.05) is 26.7 Å². The highest BCUT2D eigenvalue weighted by Gasteiger charge is 2.45. The van der Waals surface area contributed by atoms with E-state index in [0.717, 1.165) is 0 Å². The molecule has 0 saturated carbocycles. The maximum absolute atomic E-state index is 12.5. The van der Waals surface area contributed by atoms with Crippen LogP contribution in [0.2, 0.25) is 0 Å². The van der Waals surface area contributed by atoms with Gasteiger partial charge >= 0.3 is 6.09 Å². The van der Waals surface area contributed by atoms with E-state index in [9.17, 15) is 14.4 Å². The third-order valence-corrected chi connectivity index (χ3v) is 3.71. The number of allylic oxidation sites excluding steroid dienone is 1. The first-order chi connectivity index (χ1) is 10.6. The fourth-order valence-electron chi connectivity index (χ4n) is 2.51. The van der Waals surface area contributed by atoms with Crippen molar-refractivity contribution in [3.05, 3.63) is 12.7 Å². The number of carbonyl (C=O) groups excluding carboxylic acids is 3. The van der Waals surface area contributed by atoms with Gasteiger partial charge in [0.25, 0.3) is 0 Å². The Morgan fingerprint density at radius 2 is 2.00 bits per heavy atom. The lowest BCUT2D eigenvalue weighted by atomic mass is 9.82. The molecule has 0 bridgehead atoms. The number of nitrogens with one attached hydrogen (secondary N) is 2. The summed E-state index contributed by atoms with van der Waals surface area (Å²) in [5, 5.41) is 5.08. The molecular formula is C16H27N3O4. The van der Waals surface area contributed by atoms with E-state index in [0.29, 0.717) is 19.4 Å². The van der Waals surface area contributed by atoms with Crippen LogP contribution in [0.1, 0.15) is 33.6 Å². The molecule has 1 unspecified atom stereocenters. The second kappa shape index (κ2) is 7.48. The van der Waals surface area contributed by atoms with Gasteiger partial charge in [-0.3, -0.25) is 9.59 Å². The van der Waals surface area contributed by atoms with Gasteiger partial charge in [-0.2, -0.15) is 0 Å². The Kier molecular flexibility index (Phi) is 6.18. The molecule has 23 heavy (non-hydrogen) atoms. The molecule has 0 spiro atoms. The average Bonchev–Trinajstić information content (AvgIpc) is 2.88. The van der Waals surface area contributed by atoms with Crippen LogP contribution in [-0.2, 0) is 14.3 Å². The highest BCUT2D eigenvalue weighted by Crippen LogP contribution is 2.35. The molecule has 1 aliphatic heterocycles. The number of amides is 3. The predicted octanol–water partition coefficient (Wildman–Crippen LogP) is 1.05. The molecule has 0 aliphatic carbocycles. The smallest absolute Gasteiger partial charge is 0.410 e. The Balaban J connectivity index is 2.75. The summed E-state index contributed by atoms with van der Waals surface area (Å²) in [6, 6.07) is 0. The lowest BCUT2D eigenvalue weighted by Crippen LogP contribution is -2.46.